The Morgan fingerprint density at radius 2 is 2.24 bits per heavy atom. The van der Waals surface area contributed by atoms with Crippen molar-refractivity contribution in [2.24, 2.45) is 5.73 Å². The number of methoxy groups -OCH3 is 1. The minimum absolute atomic E-state index is 0.0263. The maximum atomic E-state index is 12.1. The van der Waals surface area contributed by atoms with Crippen molar-refractivity contribution in [2.75, 3.05) is 20.2 Å². The summed E-state index contributed by atoms with van der Waals surface area (Å²) in [7, 11) is 1.59. The highest BCUT2D eigenvalue weighted by atomic mass is 16.5. The number of ether oxygens (including phenoxy) is 1. The van der Waals surface area contributed by atoms with Crippen LogP contribution in [0.5, 0.6) is 5.75 Å². The monoisotopic (exact) mass is 234 g/mol. The summed E-state index contributed by atoms with van der Waals surface area (Å²) in [6.45, 7) is 3.33. The summed E-state index contributed by atoms with van der Waals surface area (Å²) in [6, 6.07) is 7.20. The number of amides is 1. The Morgan fingerprint density at radius 1 is 1.53 bits per heavy atom. The predicted octanol–water partition coefficient (Wildman–Crippen LogP) is 1.26. The molecule has 1 aromatic rings. The second-order valence-corrected chi connectivity index (χ2v) is 4.61. The van der Waals surface area contributed by atoms with Gasteiger partial charge in [0.1, 0.15) is 5.75 Å². The van der Waals surface area contributed by atoms with Crippen LogP contribution in [0.15, 0.2) is 24.3 Å². The molecule has 1 saturated heterocycles. The highest BCUT2D eigenvalue weighted by Crippen LogP contribution is 2.24. The molecule has 1 heterocycles. The van der Waals surface area contributed by atoms with Crippen molar-refractivity contribution in [3.63, 3.8) is 0 Å². The molecule has 1 aromatic carbocycles. The van der Waals surface area contributed by atoms with Crippen LogP contribution in [-0.4, -0.2) is 36.5 Å². The SMILES string of the molecule is CCC1(N)CN(C(=O)c2cccc(OC)c2)C1. The molecule has 2 N–H and O–H groups in total. The topological polar surface area (TPSA) is 55.6 Å². The minimum atomic E-state index is -0.186. The molecular weight excluding hydrogens is 216 g/mol. The number of carbonyl (C=O) groups excluding carboxylic acids is 1. The molecule has 2 rings (SSSR count). The average Bonchev–Trinajstić information content (AvgIpc) is 2.34. The molecule has 0 aromatic heterocycles. The highest BCUT2D eigenvalue weighted by Gasteiger charge is 2.40. The Morgan fingerprint density at radius 3 is 2.82 bits per heavy atom. The highest BCUT2D eigenvalue weighted by molar-refractivity contribution is 5.95. The van der Waals surface area contributed by atoms with Gasteiger partial charge in [-0.1, -0.05) is 13.0 Å². The molecule has 1 aliphatic rings. The number of hydrogen-bond acceptors (Lipinski definition) is 3. The van der Waals surface area contributed by atoms with Crippen LogP contribution in [0.3, 0.4) is 0 Å². The molecule has 0 aliphatic carbocycles. The van der Waals surface area contributed by atoms with Crippen molar-refractivity contribution in [1.82, 2.24) is 4.90 Å². The first-order valence-corrected chi connectivity index (χ1v) is 5.80. The second kappa shape index (κ2) is 4.37. The predicted molar refractivity (Wildman–Crippen MR) is 66.1 cm³/mol. The van der Waals surface area contributed by atoms with E-state index in [1.807, 2.05) is 19.1 Å². The van der Waals surface area contributed by atoms with E-state index in [-0.39, 0.29) is 11.4 Å². The molecule has 0 unspecified atom stereocenters. The number of benzene rings is 1. The van der Waals surface area contributed by atoms with E-state index in [2.05, 4.69) is 0 Å². The van der Waals surface area contributed by atoms with Gasteiger partial charge in [0.2, 0.25) is 0 Å². The van der Waals surface area contributed by atoms with E-state index in [9.17, 15) is 4.79 Å². The van der Waals surface area contributed by atoms with Crippen molar-refractivity contribution in [3.05, 3.63) is 29.8 Å². The fourth-order valence-corrected chi connectivity index (χ4v) is 2.02. The summed E-state index contributed by atoms with van der Waals surface area (Å²) in [4.78, 5) is 13.9. The quantitative estimate of drug-likeness (QED) is 0.856. The molecule has 0 radical (unpaired) electrons. The number of nitrogens with two attached hydrogens (primary N) is 1. The molecule has 4 heteroatoms. The van der Waals surface area contributed by atoms with Gasteiger partial charge in [-0.25, -0.2) is 0 Å². The summed E-state index contributed by atoms with van der Waals surface area (Å²) in [5.74, 6) is 0.726. The fourth-order valence-electron chi connectivity index (χ4n) is 2.02. The molecule has 92 valence electrons. The molecule has 1 fully saturated rings. The van der Waals surface area contributed by atoms with E-state index < -0.39 is 0 Å². The summed E-state index contributed by atoms with van der Waals surface area (Å²) >= 11 is 0. The standard InChI is InChI=1S/C13H18N2O2/c1-3-13(14)8-15(9-13)12(16)10-5-4-6-11(7-10)17-2/h4-7H,3,8-9,14H2,1-2H3. The second-order valence-electron chi connectivity index (χ2n) is 4.61. The fraction of sp³-hybridized carbons (Fsp3) is 0.462. The Hall–Kier alpha value is -1.55. The lowest BCUT2D eigenvalue weighted by Gasteiger charge is -2.47. The van der Waals surface area contributed by atoms with E-state index >= 15 is 0 Å². The Bertz CT molecular complexity index is 425. The zero-order valence-electron chi connectivity index (χ0n) is 10.3. The molecule has 1 amide bonds. The summed E-state index contributed by atoms with van der Waals surface area (Å²) in [5, 5.41) is 0. The largest absolute Gasteiger partial charge is 0.497 e. The molecule has 0 atom stereocenters. The van der Waals surface area contributed by atoms with Gasteiger partial charge in [0.05, 0.1) is 12.6 Å². The maximum absolute atomic E-state index is 12.1. The van der Waals surface area contributed by atoms with Crippen LogP contribution in [0.4, 0.5) is 0 Å². The van der Waals surface area contributed by atoms with Gasteiger partial charge in [0, 0.05) is 18.7 Å². The molecule has 0 bridgehead atoms. The maximum Gasteiger partial charge on any atom is 0.254 e. The summed E-state index contributed by atoms with van der Waals surface area (Å²) < 4.78 is 5.10. The van der Waals surface area contributed by atoms with Crippen LogP contribution < -0.4 is 10.5 Å². The average molecular weight is 234 g/mol. The van der Waals surface area contributed by atoms with Crippen molar-refractivity contribution >= 4 is 5.91 Å². The van der Waals surface area contributed by atoms with Gasteiger partial charge in [-0.3, -0.25) is 4.79 Å². The molecule has 0 saturated carbocycles. The Kier molecular flexibility index (Phi) is 3.07. The first-order chi connectivity index (χ1) is 8.08. The van der Waals surface area contributed by atoms with Crippen molar-refractivity contribution in [1.29, 1.82) is 0 Å². The van der Waals surface area contributed by atoms with Gasteiger partial charge in [0.15, 0.2) is 0 Å². The molecule has 4 nitrogen and oxygen atoms in total. The first-order valence-electron chi connectivity index (χ1n) is 5.80. The van der Waals surface area contributed by atoms with Gasteiger partial charge in [-0.15, -0.1) is 0 Å². The van der Waals surface area contributed by atoms with E-state index in [4.69, 9.17) is 10.5 Å². The van der Waals surface area contributed by atoms with Gasteiger partial charge in [0.25, 0.3) is 5.91 Å². The van der Waals surface area contributed by atoms with Crippen LogP contribution >= 0.6 is 0 Å². The van der Waals surface area contributed by atoms with E-state index in [1.165, 1.54) is 0 Å². The minimum Gasteiger partial charge on any atom is -0.497 e. The number of likely N-dealkylation sites (tertiary alicyclic amines) is 1. The van der Waals surface area contributed by atoms with Crippen molar-refractivity contribution < 1.29 is 9.53 Å². The Labute approximate surface area is 101 Å². The van der Waals surface area contributed by atoms with E-state index in [0.717, 1.165) is 6.42 Å². The number of carbonyl (C=O) groups is 1. The molecule has 1 aliphatic heterocycles. The third kappa shape index (κ3) is 2.26. The van der Waals surface area contributed by atoms with Gasteiger partial charge >= 0.3 is 0 Å². The molecule has 0 spiro atoms. The van der Waals surface area contributed by atoms with Crippen LogP contribution in [0, 0.1) is 0 Å². The number of nitrogens with zero attached hydrogens (tertiary/aromatic N) is 1. The first kappa shape index (κ1) is 11.9. The van der Waals surface area contributed by atoms with Gasteiger partial charge in [-0.05, 0) is 24.6 Å². The molecular formula is C13H18N2O2. The zero-order valence-corrected chi connectivity index (χ0v) is 10.3. The number of hydrogen-bond donors (Lipinski definition) is 1. The van der Waals surface area contributed by atoms with E-state index in [1.54, 1.807) is 24.1 Å². The smallest absolute Gasteiger partial charge is 0.254 e. The molecule has 17 heavy (non-hydrogen) atoms. The van der Waals surface area contributed by atoms with Crippen LogP contribution in [0.2, 0.25) is 0 Å². The Balaban J connectivity index is 2.06. The normalized spacial score (nSPS) is 17.5. The lowest BCUT2D eigenvalue weighted by atomic mass is 9.88. The van der Waals surface area contributed by atoms with Crippen LogP contribution in [0.1, 0.15) is 23.7 Å². The lowest BCUT2D eigenvalue weighted by molar-refractivity contribution is 0.0401. The van der Waals surface area contributed by atoms with Crippen LogP contribution in [-0.2, 0) is 0 Å². The van der Waals surface area contributed by atoms with Crippen LogP contribution in [0.25, 0.3) is 0 Å². The van der Waals surface area contributed by atoms with Gasteiger partial charge in [-0.2, -0.15) is 0 Å². The van der Waals surface area contributed by atoms with Gasteiger partial charge < -0.3 is 15.4 Å². The third-order valence-electron chi connectivity index (χ3n) is 3.32. The third-order valence-corrected chi connectivity index (χ3v) is 3.32. The lowest BCUT2D eigenvalue weighted by Crippen LogP contribution is -2.68. The summed E-state index contributed by atoms with van der Waals surface area (Å²) in [5.41, 5.74) is 6.51. The van der Waals surface area contributed by atoms with E-state index in [0.29, 0.717) is 24.4 Å². The summed E-state index contributed by atoms with van der Waals surface area (Å²) in [6.07, 6.45) is 0.898. The van der Waals surface area contributed by atoms with Crippen molar-refractivity contribution in [2.45, 2.75) is 18.9 Å². The van der Waals surface area contributed by atoms with Crippen molar-refractivity contribution in [3.8, 4) is 5.75 Å². The zero-order chi connectivity index (χ0) is 12.5. The number of rotatable bonds is 3.